The molecule has 0 radical (unpaired) electrons. The van der Waals surface area contributed by atoms with Crippen LogP contribution in [0.3, 0.4) is 0 Å². The van der Waals surface area contributed by atoms with Crippen molar-refractivity contribution in [2.45, 2.75) is 20.0 Å². The average Bonchev–Trinajstić information content (AvgIpc) is 2.88. The molecule has 1 heterocycles. The van der Waals surface area contributed by atoms with Crippen LogP contribution in [0.1, 0.15) is 32.6 Å². The number of allylic oxidation sites excluding steroid dienone is 1. The zero-order chi connectivity index (χ0) is 28.3. The summed E-state index contributed by atoms with van der Waals surface area (Å²) < 4.78 is 6.60. The summed E-state index contributed by atoms with van der Waals surface area (Å²) in [6.07, 6.45) is 3.52. The number of aromatic carboxylic acids is 1. The molecular weight excluding hydrogens is 588 g/mol. The Morgan fingerprint density at radius 2 is 1.85 bits per heavy atom. The van der Waals surface area contributed by atoms with Crippen LogP contribution in [0.4, 0.5) is 10.5 Å². The van der Waals surface area contributed by atoms with Gasteiger partial charge >= 0.3 is 12.0 Å². The van der Waals surface area contributed by atoms with Gasteiger partial charge < -0.3 is 9.84 Å². The largest absolute Gasteiger partial charge is 0.487 e. The molecule has 0 aliphatic carbocycles. The summed E-state index contributed by atoms with van der Waals surface area (Å²) in [7, 11) is 0. The lowest BCUT2D eigenvalue weighted by atomic mass is 10.0. The molecule has 0 atom stereocenters. The van der Waals surface area contributed by atoms with E-state index >= 15 is 0 Å². The third-order valence-corrected chi connectivity index (χ3v) is 6.91. The van der Waals surface area contributed by atoms with Crippen molar-refractivity contribution < 1.29 is 29.0 Å². The molecule has 4 rings (SSSR count). The summed E-state index contributed by atoms with van der Waals surface area (Å²) in [6.45, 7) is 5.76. The molecule has 3 aromatic rings. The van der Waals surface area contributed by atoms with Crippen molar-refractivity contribution in [2.24, 2.45) is 0 Å². The first-order chi connectivity index (χ1) is 18.6. The molecule has 0 aromatic heterocycles. The van der Waals surface area contributed by atoms with Crippen molar-refractivity contribution in [1.29, 1.82) is 0 Å². The van der Waals surface area contributed by atoms with Gasteiger partial charge in [0.2, 0.25) is 0 Å². The fraction of sp³-hybridized carbons (Fsp3) is 0.103. The van der Waals surface area contributed by atoms with Gasteiger partial charge in [0.25, 0.3) is 11.8 Å². The number of amides is 4. The Hall–Kier alpha value is -4.21. The van der Waals surface area contributed by atoms with Crippen LogP contribution in [-0.4, -0.2) is 28.9 Å². The smallest absolute Gasteiger partial charge is 0.335 e. The highest BCUT2D eigenvalue weighted by atomic mass is 79.9. The zero-order valence-electron chi connectivity index (χ0n) is 20.7. The maximum Gasteiger partial charge on any atom is 0.335 e. The Morgan fingerprint density at radius 1 is 1.13 bits per heavy atom. The molecule has 1 aliphatic rings. The van der Waals surface area contributed by atoms with E-state index in [4.69, 9.17) is 21.4 Å². The predicted octanol–water partition coefficient (Wildman–Crippen LogP) is 6.08. The minimum Gasteiger partial charge on any atom is -0.487 e. The van der Waals surface area contributed by atoms with Crippen molar-refractivity contribution in [3.8, 4) is 5.75 Å². The van der Waals surface area contributed by atoms with E-state index in [1.165, 1.54) is 24.3 Å². The van der Waals surface area contributed by atoms with Gasteiger partial charge in [0.1, 0.15) is 17.9 Å². The number of urea groups is 1. The van der Waals surface area contributed by atoms with Gasteiger partial charge in [-0.2, -0.15) is 0 Å². The molecule has 1 fully saturated rings. The number of rotatable bonds is 8. The first-order valence-corrected chi connectivity index (χ1v) is 12.8. The average molecular weight is 610 g/mol. The number of nitrogens with zero attached hydrogens (tertiary/aromatic N) is 1. The van der Waals surface area contributed by atoms with Crippen molar-refractivity contribution in [1.82, 2.24) is 5.32 Å². The molecule has 0 spiro atoms. The Morgan fingerprint density at radius 3 is 2.49 bits per heavy atom. The molecule has 1 aliphatic heterocycles. The summed E-state index contributed by atoms with van der Waals surface area (Å²) in [5.41, 5.74) is 2.98. The maximum absolute atomic E-state index is 13.3. The second-order valence-corrected chi connectivity index (χ2v) is 9.93. The lowest BCUT2D eigenvalue weighted by Crippen LogP contribution is -2.54. The molecule has 39 heavy (non-hydrogen) atoms. The molecule has 0 bridgehead atoms. The fourth-order valence-corrected chi connectivity index (χ4v) is 4.71. The summed E-state index contributed by atoms with van der Waals surface area (Å²) in [4.78, 5) is 50.4. The molecule has 8 nitrogen and oxygen atoms in total. The van der Waals surface area contributed by atoms with Crippen LogP contribution in [-0.2, 0) is 22.6 Å². The van der Waals surface area contributed by atoms with Gasteiger partial charge in [-0.05, 0) is 94.0 Å². The first-order valence-electron chi connectivity index (χ1n) is 11.6. The van der Waals surface area contributed by atoms with Crippen LogP contribution in [0.5, 0.6) is 5.75 Å². The molecular formula is C29H22BrClN2O6. The van der Waals surface area contributed by atoms with Gasteiger partial charge in [-0.3, -0.25) is 14.9 Å². The molecule has 2 N–H and O–H groups in total. The number of imide groups is 2. The number of anilines is 1. The number of carbonyl (C=O) groups is 4. The van der Waals surface area contributed by atoms with E-state index in [1.807, 2.05) is 0 Å². The minimum absolute atomic E-state index is 0.178. The van der Waals surface area contributed by atoms with Crippen molar-refractivity contribution in [3.63, 3.8) is 0 Å². The number of barbiturate groups is 1. The van der Waals surface area contributed by atoms with Crippen molar-refractivity contribution >= 4 is 63.1 Å². The lowest BCUT2D eigenvalue weighted by molar-refractivity contribution is -0.122. The highest BCUT2D eigenvalue weighted by Crippen LogP contribution is 2.34. The van der Waals surface area contributed by atoms with E-state index < -0.39 is 23.8 Å². The number of carbonyl (C=O) groups excluding carboxylic acids is 3. The summed E-state index contributed by atoms with van der Waals surface area (Å²) in [5.74, 6) is -2.07. The quantitative estimate of drug-likeness (QED) is 0.182. The minimum atomic E-state index is -1.01. The van der Waals surface area contributed by atoms with E-state index in [0.717, 1.165) is 21.6 Å². The van der Waals surface area contributed by atoms with E-state index in [9.17, 15) is 19.2 Å². The predicted molar refractivity (Wildman–Crippen MR) is 151 cm³/mol. The molecule has 0 saturated carbocycles. The van der Waals surface area contributed by atoms with Gasteiger partial charge in [-0.1, -0.05) is 35.9 Å². The summed E-state index contributed by atoms with van der Waals surface area (Å²) in [6, 6.07) is 13.7. The number of ether oxygens (including phenoxy) is 1. The van der Waals surface area contributed by atoms with Gasteiger partial charge in [0, 0.05) is 5.02 Å². The van der Waals surface area contributed by atoms with Crippen LogP contribution in [0.2, 0.25) is 5.02 Å². The van der Waals surface area contributed by atoms with Gasteiger partial charge in [-0.15, -0.1) is 6.58 Å². The molecule has 1 saturated heterocycles. The zero-order valence-corrected chi connectivity index (χ0v) is 23.0. The fourth-order valence-electron chi connectivity index (χ4n) is 3.90. The molecule has 10 heteroatoms. The van der Waals surface area contributed by atoms with E-state index in [1.54, 1.807) is 49.4 Å². The van der Waals surface area contributed by atoms with Gasteiger partial charge in [0.15, 0.2) is 0 Å². The Kier molecular flexibility index (Phi) is 8.32. The Labute approximate surface area is 237 Å². The Bertz CT molecular complexity index is 1550. The van der Waals surface area contributed by atoms with Gasteiger partial charge in [0.05, 0.1) is 15.7 Å². The van der Waals surface area contributed by atoms with Crippen molar-refractivity contribution in [3.05, 3.63) is 110 Å². The number of carboxylic acid groups (broad SMARTS) is 1. The Balaban J connectivity index is 1.64. The number of aryl methyl sites for hydroxylation is 1. The SMILES string of the molecule is C=CCc1cc(/C=C2/C(=O)NC(=O)N(c3ccc(C)c(Cl)c3)C2=O)cc(Br)c1OCc1ccc(C(=O)O)cc1. The highest BCUT2D eigenvalue weighted by Gasteiger charge is 2.37. The number of hydrogen-bond donors (Lipinski definition) is 2. The van der Waals surface area contributed by atoms with E-state index in [0.29, 0.717) is 27.2 Å². The van der Waals surface area contributed by atoms with E-state index in [2.05, 4.69) is 27.8 Å². The van der Waals surface area contributed by atoms with Crippen LogP contribution in [0.25, 0.3) is 6.08 Å². The van der Waals surface area contributed by atoms with Crippen molar-refractivity contribution in [2.75, 3.05) is 4.90 Å². The highest BCUT2D eigenvalue weighted by molar-refractivity contribution is 9.10. The monoisotopic (exact) mass is 608 g/mol. The normalized spacial score (nSPS) is 14.4. The number of halogens is 2. The third-order valence-electron chi connectivity index (χ3n) is 5.92. The molecule has 3 aromatic carbocycles. The van der Waals surface area contributed by atoms with Crippen LogP contribution in [0.15, 0.2) is 77.3 Å². The standard InChI is InChI=1S/C29H22BrClN2O6/c1-3-4-20-11-18(13-23(30)25(20)39-15-17-6-8-19(9-7-17)28(36)37)12-22-26(34)32-29(38)33(27(22)35)21-10-5-16(2)24(31)14-21/h3,5-14H,1,4,15H2,2H3,(H,36,37)(H,32,34,38)/b22-12-. The van der Waals surface area contributed by atoms with E-state index in [-0.39, 0.29) is 23.4 Å². The second kappa shape index (κ2) is 11.7. The second-order valence-electron chi connectivity index (χ2n) is 8.67. The first kappa shape index (κ1) is 27.8. The van der Waals surface area contributed by atoms with Gasteiger partial charge in [-0.25, -0.2) is 14.5 Å². The lowest BCUT2D eigenvalue weighted by Gasteiger charge is -2.26. The number of hydrogen-bond acceptors (Lipinski definition) is 5. The number of nitrogens with one attached hydrogen (secondary N) is 1. The van der Waals surface area contributed by atoms with Crippen LogP contribution < -0.4 is 15.0 Å². The number of benzene rings is 3. The summed E-state index contributed by atoms with van der Waals surface area (Å²) in [5, 5.41) is 11.7. The third kappa shape index (κ3) is 6.10. The van der Waals surface area contributed by atoms with Crippen LogP contribution in [0, 0.1) is 6.92 Å². The maximum atomic E-state index is 13.3. The number of carboxylic acids is 1. The molecule has 198 valence electrons. The topological polar surface area (TPSA) is 113 Å². The summed E-state index contributed by atoms with van der Waals surface area (Å²) >= 11 is 9.70. The molecule has 4 amide bonds. The molecule has 0 unspecified atom stereocenters. The van der Waals surface area contributed by atoms with Crippen LogP contribution >= 0.6 is 27.5 Å².